The van der Waals surface area contributed by atoms with Crippen LogP contribution in [0.3, 0.4) is 0 Å². The number of phenols is 1. The highest BCUT2D eigenvalue weighted by atomic mass is 16.6. The molecule has 9 nitrogen and oxygen atoms in total. The van der Waals surface area contributed by atoms with E-state index in [1.165, 1.54) is 13.2 Å². The van der Waals surface area contributed by atoms with Gasteiger partial charge in [0.25, 0.3) is 5.91 Å². The third-order valence-electron chi connectivity index (χ3n) is 6.79. The van der Waals surface area contributed by atoms with Gasteiger partial charge in [0, 0.05) is 37.5 Å². The number of fused-ring (bicyclic) bond motifs is 2. The Labute approximate surface area is 219 Å². The van der Waals surface area contributed by atoms with E-state index in [4.69, 9.17) is 19.9 Å². The number of aromatic hydroxyl groups is 1. The molecule has 1 heterocycles. The van der Waals surface area contributed by atoms with Gasteiger partial charge in [0.05, 0.1) is 18.3 Å². The number of ether oxygens (including phenoxy) is 3. The van der Waals surface area contributed by atoms with Gasteiger partial charge in [-0.05, 0) is 68.7 Å². The second-order valence-corrected chi connectivity index (χ2v) is 10.0. The zero-order chi connectivity index (χ0) is 27.7. The monoisotopic (exact) mass is 518 g/mol. The van der Waals surface area contributed by atoms with E-state index in [1.54, 1.807) is 26.2 Å². The first-order chi connectivity index (χ1) is 17.4. The van der Waals surface area contributed by atoms with Crippen molar-refractivity contribution in [1.29, 1.82) is 0 Å². The number of hydrogen-bond acceptors (Lipinski definition) is 7. The fourth-order valence-electron chi connectivity index (χ4n) is 4.83. The van der Waals surface area contributed by atoms with Gasteiger partial charge in [-0.25, -0.2) is 4.79 Å². The zero-order valence-corrected chi connectivity index (χ0v) is 22.7. The minimum Gasteiger partial charge on any atom is -0.508 e. The molecule has 1 aromatic rings. The Balaban J connectivity index is 2.47. The fraction of sp³-hybridized carbons (Fsp3) is 0.571. The number of aliphatic hydroxyl groups excluding tert-OH is 1. The van der Waals surface area contributed by atoms with Crippen molar-refractivity contribution in [3.63, 3.8) is 0 Å². The van der Waals surface area contributed by atoms with E-state index in [0.717, 1.165) is 5.56 Å². The van der Waals surface area contributed by atoms with E-state index in [1.807, 2.05) is 32.9 Å². The van der Waals surface area contributed by atoms with E-state index in [9.17, 15) is 19.8 Å². The van der Waals surface area contributed by atoms with Gasteiger partial charge in [-0.1, -0.05) is 26.0 Å². The van der Waals surface area contributed by atoms with Crippen molar-refractivity contribution < 1.29 is 34.0 Å². The standard InChI is InChI=1S/C28H42N2O7/c1-16-10-20-13-21(15-22(31)14-20)30-27(33)17(2)8-7-9-23(35-5)26(37-28(29)34)19(4)12-18(3)25(32)24(11-16)36-6/h8,12-16,18,23-26,31-32H,7,9-11H2,1-6H3,(H2,29,34)(H,30,33)/t16-,18+,23+,24+,25-,26+/m1/s1. The number of carbonyl (C=O) groups excluding carboxylic acids is 2. The van der Waals surface area contributed by atoms with Gasteiger partial charge in [-0.3, -0.25) is 4.79 Å². The van der Waals surface area contributed by atoms with Crippen LogP contribution in [0.5, 0.6) is 5.75 Å². The van der Waals surface area contributed by atoms with Gasteiger partial charge in [-0.2, -0.15) is 0 Å². The van der Waals surface area contributed by atoms with Gasteiger partial charge >= 0.3 is 6.09 Å². The first kappa shape index (κ1) is 30.3. The summed E-state index contributed by atoms with van der Waals surface area (Å²) in [6.07, 6.45) is 2.29. The molecule has 5 N–H and O–H groups in total. The Hall–Kier alpha value is -2.88. The van der Waals surface area contributed by atoms with Gasteiger partial charge in [0.15, 0.2) is 6.10 Å². The molecule has 0 aromatic heterocycles. The van der Waals surface area contributed by atoms with Crippen molar-refractivity contribution >= 4 is 17.7 Å². The number of hydrogen-bond donors (Lipinski definition) is 4. The van der Waals surface area contributed by atoms with E-state index in [-0.39, 0.29) is 23.5 Å². The largest absolute Gasteiger partial charge is 0.508 e. The molecule has 1 aliphatic heterocycles. The topological polar surface area (TPSA) is 140 Å². The Morgan fingerprint density at radius 1 is 1.11 bits per heavy atom. The lowest BCUT2D eigenvalue weighted by Crippen LogP contribution is -2.37. The molecule has 0 radical (unpaired) electrons. The Morgan fingerprint density at radius 2 is 1.78 bits per heavy atom. The Kier molecular flexibility index (Phi) is 11.6. The lowest BCUT2D eigenvalue weighted by Gasteiger charge is -2.30. The minimum absolute atomic E-state index is 0.0634. The minimum atomic E-state index is -0.925. The van der Waals surface area contributed by atoms with Crippen LogP contribution >= 0.6 is 0 Å². The quantitative estimate of drug-likeness (QED) is 0.442. The van der Waals surface area contributed by atoms with Gasteiger partial charge < -0.3 is 35.5 Å². The molecule has 9 heteroatoms. The van der Waals surface area contributed by atoms with E-state index >= 15 is 0 Å². The number of methoxy groups -OCH3 is 2. The highest BCUT2D eigenvalue weighted by Gasteiger charge is 2.30. The van der Waals surface area contributed by atoms with Crippen molar-refractivity contribution in [1.82, 2.24) is 0 Å². The van der Waals surface area contributed by atoms with Crippen molar-refractivity contribution in [3.8, 4) is 5.75 Å². The number of nitrogens with one attached hydrogen (secondary N) is 1. The van der Waals surface area contributed by atoms with Crippen molar-refractivity contribution in [2.24, 2.45) is 17.6 Å². The average molecular weight is 519 g/mol. The molecule has 0 fully saturated rings. The van der Waals surface area contributed by atoms with Crippen LogP contribution in [-0.4, -0.2) is 60.8 Å². The predicted molar refractivity (Wildman–Crippen MR) is 142 cm³/mol. The summed E-state index contributed by atoms with van der Waals surface area (Å²) in [6.45, 7) is 7.44. The van der Waals surface area contributed by atoms with Gasteiger partial charge in [0.1, 0.15) is 5.75 Å². The van der Waals surface area contributed by atoms with Gasteiger partial charge in [-0.15, -0.1) is 0 Å². The maximum atomic E-state index is 12.8. The molecule has 1 aromatic carbocycles. The van der Waals surface area contributed by atoms with Crippen molar-refractivity contribution in [2.45, 2.75) is 77.8 Å². The first-order valence-corrected chi connectivity index (χ1v) is 12.6. The van der Waals surface area contributed by atoms with Crippen LogP contribution in [0.4, 0.5) is 10.5 Å². The molecule has 2 rings (SSSR count). The molecule has 0 aliphatic carbocycles. The normalized spacial score (nSPS) is 28.6. The molecular formula is C28H42N2O7. The molecule has 206 valence electrons. The van der Waals surface area contributed by atoms with Crippen LogP contribution in [0.1, 0.15) is 52.5 Å². The van der Waals surface area contributed by atoms with Crippen molar-refractivity contribution in [2.75, 3.05) is 19.5 Å². The van der Waals surface area contributed by atoms with Crippen molar-refractivity contribution in [3.05, 3.63) is 47.1 Å². The summed E-state index contributed by atoms with van der Waals surface area (Å²) in [6, 6.07) is 5.02. The summed E-state index contributed by atoms with van der Waals surface area (Å²) >= 11 is 0. The molecule has 6 atom stereocenters. The number of primary amides is 1. The number of benzene rings is 1. The Bertz CT molecular complexity index is 991. The second kappa shape index (κ2) is 14.2. The third-order valence-corrected chi connectivity index (χ3v) is 6.79. The number of carbonyl (C=O) groups is 2. The maximum absolute atomic E-state index is 12.8. The molecule has 0 spiro atoms. The van der Waals surface area contributed by atoms with Crippen LogP contribution in [-0.2, 0) is 25.4 Å². The number of nitrogens with two attached hydrogens (primary N) is 1. The molecule has 0 unspecified atom stereocenters. The number of allylic oxidation sites excluding steroid dienone is 1. The average Bonchev–Trinajstić information content (AvgIpc) is 2.82. The number of amides is 2. The van der Waals surface area contributed by atoms with Crippen LogP contribution in [0.2, 0.25) is 0 Å². The van der Waals surface area contributed by atoms with Crippen LogP contribution in [0.15, 0.2) is 41.5 Å². The summed E-state index contributed by atoms with van der Waals surface area (Å²) in [7, 11) is 3.09. The maximum Gasteiger partial charge on any atom is 0.405 e. The van der Waals surface area contributed by atoms with E-state index in [0.29, 0.717) is 42.5 Å². The first-order valence-electron chi connectivity index (χ1n) is 12.6. The lowest BCUT2D eigenvalue weighted by atomic mass is 9.88. The van der Waals surface area contributed by atoms with Crippen LogP contribution in [0, 0.1) is 11.8 Å². The van der Waals surface area contributed by atoms with Crippen LogP contribution in [0.25, 0.3) is 0 Å². The molecule has 1 aliphatic rings. The highest BCUT2D eigenvalue weighted by Crippen LogP contribution is 2.27. The molecular weight excluding hydrogens is 476 g/mol. The fourth-order valence-corrected chi connectivity index (χ4v) is 4.83. The Morgan fingerprint density at radius 3 is 2.41 bits per heavy atom. The highest BCUT2D eigenvalue weighted by molar-refractivity contribution is 6.03. The molecule has 0 saturated carbocycles. The summed E-state index contributed by atoms with van der Waals surface area (Å²) < 4.78 is 16.7. The summed E-state index contributed by atoms with van der Waals surface area (Å²) in [5.41, 5.74) is 7.92. The number of rotatable bonds is 3. The SMILES string of the molecule is CO[C@H]1C[C@H](C)Cc2cc(O)cc(c2)NC(=O)C(C)=CCC[C@H](OC)[C@@H](OC(N)=O)C(C)=C[C@H](C)[C@H]1O. The molecule has 37 heavy (non-hydrogen) atoms. The number of anilines is 1. The second-order valence-electron chi connectivity index (χ2n) is 10.0. The molecule has 2 amide bonds. The number of phenolic OH excluding ortho intramolecular Hbond substituents is 1. The smallest absolute Gasteiger partial charge is 0.405 e. The summed E-state index contributed by atoms with van der Waals surface area (Å²) in [5.74, 6) is -0.427. The van der Waals surface area contributed by atoms with Crippen LogP contribution < -0.4 is 11.1 Å². The summed E-state index contributed by atoms with van der Waals surface area (Å²) in [4.78, 5) is 24.4. The van der Waals surface area contributed by atoms with E-state index in [2.05, 4.69) is 5.32 Å². The predicted octanol–water partition coefficient (Wildman–Crippen LogP) is 4.08. The third kappa shape index (κ3) is 9.18. The molecule has 2 bridgehead atoms. The summed E-state index contributed by atoms with van der Waals surface area (Å²) in [5, 5.41) is 24.2. The number of aliphatic hydroxyl groups is 1. The van der Waals surface area contributed by atoms with Gasteiger partial charge in [0.2, 0.25) is 0 Å². The lowest BCUT2D eigenvalue weighted by molar-refractivity contribution is -0.112. The van der Waals surface area contributed by atoms with E-state index < -0.39 is 30.5 Å². The zero-order valence-electron chi connectivity index (χ0n) is 22.7. The molecule has 0 saturated heterocycles.